The highest BCUT2D eigenvalue weighted by atomic mass is 16.7. The van der Waals surface area contributed by atoms with Crippen LogP contribution in [0.2, 0.25) is 0 Å². The van der Waals surface area contributed by atoms with Gasteiger partial charge in [0.15, 0.2) is 6.23 Å². The molecule has 2 atom stereocenters. The molecule has 1 heterocycles. The van der Waals surface area contributed by atoms with Gasteiger partial charge in [0.1, 0.15) is 11.4 Å². The first kappa shape index (κ1) is 24.5. The van der Waals surface area contributed by atoms with Crippen molar-refractivity contribution in [3.05, 3.63) is 108 Å². The minimum Gasteiger partial charge on any atom is -0.497 e. The van der Waals surface area contributed by atoms with Crippen LogP contribution >= 0.6 is 0 Å². The van der Waals surface area contributed by atoms with Crippen LogP contribution in [0.3, 0.4) is 0 Å². The molecule has 0 radical (unpaired) electrons. The largest absolute Gasteiger partial charge is 0.509 e. The van der Waals surface area contributed by atoms with Crippen LogP contribution in [0.1, 0.15) is 29.5 Å². The van der Waals surface area contributed by atoms with Gasteiger partial charge in [-0.05, 0) is 40.8 Å². The molecule has 182 valence electrons. The van der Waals surface area contributed by atoms with E-state index in [1.807, 2.05) is 65.6 Å². The maximum absolute atomic E-state index is 11.9. The van der Waals surface area contributed by atoms with Crippen LogP contribution in [0.4, 0.5) is 4.79 Å². The van der Waals surface area contributed by atoms with Crippen LogP contribution in [-0.2, 0) is 15.1 Å². The second-order valence-corrected chi connectivity index (χ2v) is 8.60. The van der Waals surface area contributed by atoms with Gasteiger partial charge in [-0.25, -0.2) is 4.79 Å². The van der Waals surface area contributed by atoms with Crippen molar-refractivity contribution >= 4 is 11.7 Å². The lowest BCUT2D eigenvalue weighted by atomic mass is 9.92. The predicted octanol–water partition coefficient (Wildman–Crippen LogP) is 5.22. The Morgan fingerprint density at radius 3 is 2.11 bits per heavy atom. The molecule has 0 saturated carbocycles. The summed E-state index contributed by atoms with van der Waals surface area (Å²) in [6.07, 6.45) is 1.80. The Morgan fingerprint density at radius 2 is 1.57 bits per heavy atom. The second kappa shape index (κ2) is 11.2. The minimum atomic E-state index is -1.16. The highest BCUT2D eigenvalue weighted by Gasteiger charge is 2.45. The Balaban J connectivity index is 1.55. The predicted molar refractivity (Wildman–Crippen MR) is 135 cm³/mol. The molecular formula is C29H31NO5. The molecule has 0 aliphatic carbocycles. The third-order valence-electron chi connectivity index (χ3n) is 6.34. The Morgan fingerprint density at radius 1 is 0.971 bits per heavy atom. The number of benzene rings is 3. The first-order chi connectivity index (χ1) is 17.0. The van der Waals surface area contributed by atoms with E-state index in [-0.39, 0.29) is 6.42 Å². The van der Waals surface area contributed by atoms with Gasteiger partial charge in [-0.1, -0.05) is 78.9 Å². The molecule has 0 aromatic heterocycles. The van der Waals surface area contributed by atoms with Gasteiger partial charge in [0.2, 0.25) is 0 Å². The summed E-state index contributed by atoms with van der Waals surface area (Å²) in [5, 5.41) is 11.5. The Hall–Kier alpha value is -3.61. The molecule has 1 aliphatic rings. The van der Waals surface area contributed by atoms with Crippen molar-refractivity contribution in [1.82, 2.24) is 4.90 Å². The van der Waals surface area contributed by atoms with Crippen LogP contribution in [0.25, 0.3) is 5.57 Å². The van der Waals surface area contributed by atoms with Crippen molar-refractivity contribution in [3.63, 3.8) is 0 Å². The number of rotatable bonds is 8. The average molecular weight is 474 g/mol. The van der Waals surface area contributed by atoms with E-state index < -0.39 is 18.0 Å². The molecule has 6 heteroatoms. The third-order valence-corrected chi connectivity index (χ3v) is 6.34. The van der Waals surface area contributed by atoms with E-state index in [0.717, 1.165) is 22.3 Å². The summed E-state index contributed by atoms with van der Waals surface area (Å²) in [5.74, 6) is 0.717. The van der Waals surface area contributed by atoms with Crippen molar-refractivity contribution in [2.75, 3.05) is 27.3 Å². The minimum absolute atomic E-state index is 0.252. The van der Waals surface area contributed by atoms with Gasteiger partial charge in [-0.15, -0.1) is 0 Å². The van der Waals surface area contributed by atoms with Crippen molar-refractivity contribution in [2.45, 2.75) is 24.7 Å². The maximum atomic E-state index is 11.9. The van der Waals surface area contributed by atoms with E-state index in [9.17, 15) is 9.90 Å². The first-order valence-corrected chi connectivity index (χ1v) is 11.7. The number of likely N-dealkylation sites (tertiary alicyclic amines) is 1. The standard InChI is InChI=1S/C29H31NO5/c1-33-25-17-15-24(16-18-25)29(32)20-27(35-28(31)34-2)30(21-29)19-9-14-26(22-10-5-3-6-11-22)23-12-7-4-8-13-23/h3-8,10-18,27,32H,9,19-21H2,1-2H3/t27-,29+/m0/s1. The monoisotopic (exact) mass is 473 g/mol. The highest BCUT2D eigenvalue weighted by molar-refractivity contribution is 5.79. The molecule has 1 fully saturated rings. The van der Waals surface area contributed by atoms with E-state index in [0.29, 0.717) is 25.3 Å². The first-order valence-electron chi connectivity index (χ1n) is 11.7. The van der Waals surface area contributed by atoms with Gasteiger partial charge in [-0.2, -0.15) is 0 Å². The Labute approximate surface area is 206 Å². The van der Waals surface area contributed by atoms with Crippen LogP contribution in [0, 0.1) is 0 Å². The summed E-state index contributed by atoms with van der Waals surface area (Å²) in [7, 11) is 2.89. The summed E-state index contributed by atoms with van der Waals surface area (Å²) >= 11 is 0. The number of hydrogen-bond acceptors (Lipinski definition) is 6. The molecule has 3 aromatic rings. The third kappa shape index (κ3) is 5.91. The molecule has 4 rings (SSSR count). The fourth-order valence-corrected chi connectivity index (χ4v) is 4.54. The van der Waals surface area contributed by atoms with Gasteiger partial charge < -0.3 is 19.3 Å². The quantitative estimate of drug-likeness (QED) is 0.453. The molecule has 3 aromatic carbocycles. The molecule has 1 saturated heterocycles. The van der Waals surface area contributed by atoms with Crippen molar-refractivity contribution in [1.29, 1.82) is 0 Å². The molecule has 35 heavy (non-hydrogen) atoms. The zero-order chi connectivity index (χ0) is 24.7. The van der Waals surface area contributed by atoms with Gasteiger partial charge in [0, 0.05) is 19.5 Å². The van der Waals surface area contributed by atoms with E-state index in [2.05, 4.69) is 30.3 Å². The Bertz CT molecular complexity index is 1090. The van der Waals surface area contributed by atoms with Crippen molar-refractivity contribution in [2.24, 2.45) is 0 Å². The van der Waals surface area contributed by atoms with Crippen LogP contribution in [-0.4, -0.2) is 49.7 Å². The average Bonchev–Trinajstić information content (AvgIpc) is 3.23. The molecule has 6 nitrogen and oxygen atoms in total. The van der Waals surface area contributed by atoms with E-state index in [1.165, 1.54) is 7.11 Å². The zero-order valence-electron chi connectivity index (χ0n) is 20.1. The number of β-amino-alcohol motifs (C(OH)–C–C–N with tert-alkyl or cyclic N) is 1. The molecular weight excluding hydrogens is 442 g/mol. The van der Waals surface area contributed by atoms with Crippen molar-refractivity contribution in [3.8, 4) is 5.75 Å². The van der Waals surface area contributed by atoms with Crippen LogP contribution in [0.5, 0.6) is 5.75 Å². The summed E-state index contributed by atoms with van der Waals surface area (Å²) in [4.78, 5) is 13.9. The molecule has 0 unspecified atom stereocenters. The summed E-state index contributed by atoms with van der Waals surface area (Å²) in [6.45, 7) is 0.935. The lowest BCUT2D eigenvalue weighted by Crippen LogP contribution is -2.35. The van der Waals surface area contributed by atoms with Gasteiger partial charge in [0.05, 0.1) is 14.2 Å². The normalized spacial score (nSPS) is 19.7. The highest BCUT2D eigenvalue weighted by Crippen LogP contribution is 2.37. The number of hydrogen-bond donors (Lipinski definition) is 1. The van der Waals surface area contributed by atoms with Crippen LogP contribution in [0.15, 0.2) is 91.0 Å². The molecule has 1 aliphatic heterocycles. The maximum Gasteiger partial charge on any atom is 0.509 e. The smallest absolute Gasteiger partial charge is 0.497 e. The second-order valence-electron chi connectivity index (χ2n) is 8.60. The number of nitrogens with zero attached hydrogens (tertiary/aromatic N) is 1. The molecule has 0 amide bonds. The van der Waals surface area contributed by atoms with Gasteiger partial charge in [-0.3, -0.25) is 4.90 Å². The molecule has 0 bridgehead atoms. The lowest BCUT2D eigenvalue weighted by molar-refractivity contribution is -0.0230. The van der Waals surface area contributed by atoms with E-state index >= 15 is 0 Å². The fraction of sp³-hybridized carbons (Fsp3) is 0.276. The number of aliphatic hydroxyl groups is 1. The summed E-state index contributed by atoms with van der Waals surface area (Å²) in [5.41, 5.74) is 3.01. The number of carbonyl (C=O) groups excluding carboxylic acids is 1. The Kier molecular flexibility index (Phi) is 7.85. The topological polar surface area (TPSA) is 68.2 Å². The molecule has 1 N–H and O–H groups in total. The van der Waals surface area contributed by atoms with Gasteiger partial charge >= 0.3 is 6.16 Å². The van der Waals surface area contributed by atoms with Crippen molar-refractivity contribution < 1.29 is 24.1 Å². The van der Waals surface area contributed by atoms with E-state index in [4.69, 9.17) is 14.2 Å². The SMILES string of the molecule is COC(=O)O[C@H]1C[C@](O)(c2ccc(OC)cc2)CN1CCC=C(c1ccccc1)c1ccccc1. The number of methoxy groups -OCH3 is 2. The molecule has 0 spiro atoms. The van der Waals surface area contributed by atoms with Gasteiger partial charge in [0.25, 0.3) is 0 Å². The fourth-order valence-electron chi connectivity index (χ4n) is 4.54. The zero-order valence-corrected chi connectivity index (χ0v) is 20.1. The summed E-state index contributed by atoms with van der Waals surface area (Å²) in [6, 6.07) is 27.9. The summed E-state index contributed by atoms with van der Waals surface area (Å²) < 4.78 is 15.5. The van der Waals surface area contributed by atoms with E-state index in [1.54, 1.807) is 7.11 Å². The number of carbonyl (C=O) groups is 1. The number of ether oxygens (including phenoxy) is 3. The van der Waals surface area contributed by atoms with Crippen LogP contribution < -0.4 is 4.74 Å². The lowest BCUT2D eigenvalue weighted by Gasteiger charge is -2.24.